The van der Waals surface area contributed by atoms with Crippen LogP contribution in [0.2, 0.25) is 0 Å². The van der Waals surface area contributed by atoms with Crippen molar-refractivity contribution in [3.05, 3.63) is 47.0 Å². The Kier molecular flexibility index (Phi) is 3.01. The summed E-state index contributed by atoms with van der Waals surface area (Å²) in [5, 5.41) is 0. The third-order valence-corrected chi connectivity index (χ3v) is 3.16. The zero-order valence-corrected chi connectivity index (χ0v) is 9.99. The van der Waals surface area contributed by atoms with Gasteiger partial charge in [-0.3, -0.25) is 4.79 Å². The van der Waals surface area contributed by atoms with Crippen molar-refractivity contribution in [3.8, 4) is 0 Å². The molecule has 0 spiro atoms. The van der Waals surface area contributed by atoms with E-state index in [1.807, 2.05) is 43.3 Å². The molecule has 0 aliphatic rings. The molecule has 1 heterocycles. The molecule has 1 amide bonds. The lowest BCUT2D eigenvalue weighted by Crippen LogP contribution is -2.25. The standard InChI is InChI=1S/C12H12N2OS/c1-9-8-11(16-13-9)12(15)14(2)10-6-4-3-5-7-10/h3-8H,1-2H3. The molecule has 0 bridgehead atoms. The number of carbonyl (C=O) groups excluding carboxylic acids is 1. The number of anilines is 1. The summed E-state index contributed by atoms with van der Waals surface area (Å²) in [7, 11) is 1.77. The number of aromatic nitrogens is 1. The van der Waals surface area contributed by atoms with Gasteiger partial charge in [-0.2, -0.15) is 4.37 Å². The molecule has 0 saturated carbocycles. The van der Waals surface area contributed by atoms with E-state index in [4.69, 9.17) is 0 Å². The molecule has 0 unspecified atom stereocenters. The van der Waals surface area contributed by atoms with Crippen molar-refractivity contribution in [2.24, 2.45) is 0 Å². The van der Waals surface area contributed by atoms with Gasteiger partial charge in [0.05, 0.1) is 5.69 Å². The number of hydrogen-bond donors (Lipinski definition) is 0. The molecule has 3 nitrogen and oxygen atoms in total. The van der Waals surface area contributed by atoms with E-state index in [2.05, 4.69) is 4.37 Å². The van der Waals surface area contributed by atoms with E-state index < -0.39 is 0 Å². The molecule has 1 aromatic heterocycles. The van der Waals surface area contributed by atoms with Gasteiger partial charge in [-0.15, -0.1) is 0 Å². The maximum Gasteiger partial charge on any atom is 0.269 e. The Balaban J connectivity index is 2.23. The summed E-state index contributed by atoms with van der Waals surface area (Å²) in [5.41, 5.74) is 1.77. The third kappa shape index (κ3) is 2.12. The first kappa shape index (κ1) is 10.8. The smallest absolute Gasteiger partial charge is 0.269 e. The first-order chi connectivity index (χ1) is 7.68. The molecule has 82 valence electrons. The summed E-state index contributed by atoms with van der Waals surface area (Å²) in [6, 6.07) is 11.4. The Morgan fingerprint density at radius 2 is 2.00 bits per heavy atom. The second-order valence-electron chi connectivity index (χ2n) is 3.53. The summed E-state index contributed by atoms with van der Waals surface area (Å²) in [4.78, 5) is 14.4. The summed E-state index contributed by atoms with van der Waals surface area (Å²) >= 11 is 1.24. The Morgan fingerprint density at radius 1 is 1.31 bits per heavy atom. The molecule has 0 N–H and O–H groups in total. The molecule has 0 aliphatic heterocycles. The molecule has 0 atom stereocenters. The van der Waals surface area contributed by atoms with Gasteiger partial charge in [-0.25, -0.2) is 0 Å². The fraction of sp³-hybridized carbons (Fsp3) is 0.167. The van der Waals surface area contributed by atoms with Crippen LogP contribution in [0.3, 0.4) is 0 Å². The molecule has 16 heavy (non-hydrogen) atoms. The first-order valence-electron chi connectivity index (χ1n) is 4.95. The van der Waals surface area contributed by atoms with Crippen LogP contribution in [0, 0.1) is 6.92 Å². The zero-order valence-electron chi connectivity index (χ0n) is 9.18. The Bertz CT molecular complexity index is 493. The Hall–Kier alpha value is -1.68. The summed E-state index contributed by atoms with van der Waals surface area (Å²) in [6.45, 7) is 1.88. The molecular formula is C12H12N2OS. The monoisotopic (exact) mass is 232 g/mol. The van der Waals surface area contributed by atoms with Crippen LogP contribution >= 0.6 is 11.5 Å². The van der Waals surface area contributed by atoms with Crippen molar-refractivity contribution in [1.82, 2.24) is 4.37 Å². The van der Waals surface area contributed by atoms with E-state index in [9.17, 15) is 4.79 Å². The number of rotatable bonds is 2. The number of carbonyl (C=O) groups is 1. The molecule has 0 fully saturated rings. The van der Waals surface area contributed by atoms with Crippen LogP contribution in [0.1, 0.15) is 15.4 Å². The van der Waals surface area contributed by atoms with Crippen LogP contribution in [-0.2, 0) is 0 Å². The van der Waals surface area contributed by atoms with Gasteiger partial charge < -0.3 is 4.90 Å². The van der Waals surface area contributed by atoms with E-state index >= 15 is 0 Å². The normalized spacial score (nSPS) is 10.1. The molecule has 0 saturated heterocycles. The first-order valence-corrected chi connectivity index (χ1v) is 5.72. The van der Waals surface area contributed by atoms with Crippen molar-refractivity contribution >= 4 is 23.1 Å². The summed E-state index contributed by atoms with van der Waals surface area (Å²) in [6.07, 6.45) is 0. The largest absolute Gasteiger partial charge is 0.311 e. The Labute approximate surface area is 98.5 Å². The van der Waals surface area contributed by atoms with Gasteiger partial charge in [-0.1, -0.05) is 18.2 Å². The molecule has 0 aliphatic carbocycles. The van der Waals surface area contributed by atoms with E-state index in [1.54, 1.807) is 11.9 Å². The number of hydrogen-bond acceptors (Lipinski definition) is 3. The SMILES string of the molecule is Cc1cc(C(=O)N(C)c2ccccc2)sn1. The number of benzene rings is 1. The molecule has 1 aromatic carbocycles. The number of amides is 1. The fourth-order valence-electron chi connectivity index (χ4n) is 1.40. The maximum absolute atomic E-state index is 12.1. The van der Waals surface area contributed by atoms with Gasteiger partial charge in [0.1, 0.15) is 4.88 Å². The number of nitrogens with zero attached hydrogens (tertiary/aromatic N) is 2. The third-order valence-electron chi connectivity index (χ3n) is 2.29. The van der Waals surface area contributed by atoms with E-state index in [1.165, 1.54) is 11.5 Å². The Morgan fingerprint density at radius 3 is 2.56 bits per heavy atom. The van der Waals surface area contributed by atoms with Crippen molar-refractivity contribution < 1.29 is 4.79 Å². The molecule has 2 aromatic rings. The lowest BCUT2D eigenvalue weighted by atomic mass is 10.3. The average molecular weight is 232 g/mol. The van der Waals surface area contributed by atoms with E-state index in [0.717, 1.165) is 11.4 Å². The van der Waals surface area contributed by atoms with Crippen molar-refractivity contribution in [2.75, 3.05) is 11.9 Å². The second kappa shape index (κ2) is 4.45. The van der Waals surface area contributed by atoms with Gasteiger partial charge >= 0.3 is 0 Å². The highest BCUT2D eigenvalue weighted by atomic mass is 32.1. The van der Waals surface area contributed by atoms with E-state index in [-0.39, 0.29) is 5.91 Å². The number of para-hydroxylation sites is 1. The number of aryl methyl sites for hydroxylation is 1. The molecule has 2 rings (SSSR count). The van der Waals surface area contributed by atoms with Gasteiger partial charge in [0.2, 0.25) is 0 Å². The van der Waals surface area contributed by atoms with E-state index in [0.29, 0.717) is 4.88 Å². The highest BCUT2D eigenvalue weighted by Gasteiger charge is 2.15. The quantitative estimate of drug-likeness (QED) is 0.797. The highest BCUT2D eigenvalue weighted by molar-refractivity contribution is 7.08. The molecule has 4 heteroatoms. The predicted octanol–water partition coefficient (Wildman–Crippen LogP) is 2.73. The van der Waals surface area contributed by atoms with Crippen LogP contribution in [0.15, 0.2) is 36.4 Å². The minimum atomic E-state index is -0.0169. The van der Waals surface area contributed by atoms with Crippen LogP contribution in [0.25, 0.3) is 0 Å². The zero-order chi connectivity index (χ0) is 11.5. The lowest BCUT2D eigenvalue weighted by Gasteiger charge is -2.15. The maximum atomic E-state index is 12.1. The van der Waals surface area contributed by atoms with Crippen molar-refractivity contribution in [2.45, 2.75) is 6.92 Å². The lowest BCUT2D eigenvalue weighted by molar-refractivity contribution is 0.0997. The van der Waals surface area contributed by atoms with Gasteiger partial charge in [0.25, 0.3) is 5.91 Å². The van der Waals surface area contributed by atoms with Crippen LogP contribution in [-0.4, -0.2) is 17.3 Å². The average Bonchev–Trinajstić information content (AvgIpc) is 2.75. The van der Waals surface area contributed by atoms with Crippen molar-refractivity contribution in [3.63, 3.8) is 0 Å². The summed E-state index contributed by atoms with van der Waals surface area (Å²) < 4.78 is 4.11. The minimum absolute atomic E-state index is 0.0169. The molecular weight excluding hydrogens is 220 g/mol. The summed E-state index contributed by atoms with van der Waals surface area (Å²) in [5.74, 6) is -0.0169. The highest BCUT2D eigenvalue weighted by Crippen LogP contribution is 2.17. The van der Waals surface area contributed by atoms with Crippen molar-refractivity contribution in [1.29, 1.82) is 0 Å². The van der Waals surface area contributed by atoms with Crippen LogP contribution in [0.4, 0.5) is 5.69 Å². The topological polar surface area (TPSA) is 33.2 Å². The van der Waals surface area contributed by atoms with Crippen LogP contribution < -0.4 is 4.90 Å². The predicted molar refractivity (Wildman–Crippen MR) is 66.0 cm³/mol. The van der Waals surface area contributed by atoms with Gasteiger partial charge in [-0.05, 0) is 36.7 Å². The molecule has 0 radical (unpaired) electrons. The van der Waals surface area contributed by atoms with Gasteiger partial charge in [0.15, 0.2) is 0 Å². The van der Waals surface area contributed by atoms with Gasteiger partial charge in [0, 0.05) is 12.7 Å². The minimum Gasteiger partial charge on any atom is -0.311 e. The fourth-order valence-corrected chi connectivity index (χ4v) is 2.13. The second-order valence-corrected chi connectivity index (χ2v) is 4.34. The van der Waals surface area contributed by atoms with Crippen LogP contribution in [0.5, 0.6) is 0 Å².